The monoisotopic (exact) mass is 362 g/mol. The number of Topliss-reactive ketones (excluding diaryl/α,β-unsaturated/α-hetero) is 1. The zero-order valence-corrected chi connectivity index (χ0v) is 15.2. The molecule has 0 aliphatic rings. The highest BCUT2D eigenvalue weighted by molar-refractivity contribution is 6.32. The van der Waals surface area contributed by atoms with Crippen LogP contribution >= 0.6 is 11.6 Å². The number of benzene rings is 2. The van der Waals surface area contributed by atoms with Crippen LogP contribution in [0.2, 0.25) is 5.02 Å². The Kier molecular flexibility index (Phi) is 6.04. The molecule has 0 bridgehead atoms. The van der Waals surface area contributed by atoms with Gasteiger partial charge in [0.15, 0.2) is 17.6 Å². The first-order chi connectivity index (χ1) is 11.9. The van der Waals surface area contributed by atoms with Gasteiger partial charge in [0, 0.05) is 5.56 Å². The minimum atomic E-state index is -0.929. The fourth-order valence-electron chi connectivity index (χ4n) is 2.27. The van der Waals surface area contributed by atoms with Crippen molar-refractivity contribution in [1.82, 2.24) is 0 Å². The summed E-state index contributed by atoms with van der Waals surface area (Å²) in [7, 11) is 2.89. The molecule has 1 atom stereocenters. The average molecular weight is 363 g/mol. The van der Waals surface area contributed by atoms with Crippen molar-refractivity contribution in [3.8, 4) is 11.5 Å². The van der Waals surface area contributed by atoms with Crippen LogP contribution in [0.4, 0.5) is 0 Å². The minimum absolute atomic E-state index is 0.172. The molecule has 0 saturated carbocycles. The number of hydrogen-bond acceptors (Lipinski definition) is 5. The van der Waals surface area contributed by atoms with Crippen molar-refractivity contribution in [3.63, 3.8) is 0 Å². The van der Waals surface area contributed by atoms with Crippen molar-refractivity contribution in [1.29, 1.82) is 0 Å². The fourth-order valence-corrected chi connectivity index (χ4v) is 2.56. The SMILES string of the molecule is COc1cc(C(=O)OC(C)C(=O)c2ccc(C)cc2)cc(Cl)c1OC. The van der Waals surface area contributed by atoms with Crippen molar-refractivity contribution in [2.24, 2.45) is 0 Å². The second-order valence-corrected chi connectivity index (χ2v) is 5.88. The van der Waals surface area contributed by atoms with Gasteiger partial charge in [-0.3, -0.25) is 4.79 Å². The summed E-state index contributed by atoms with van der Waals surface area (Å²) in [6.07, 6.45) is -0.929. The van der Waals surface area contributed by atoms with Crippen LogP contribution in [0.25, 0.3) is 0 Å². The zero-order valence-electron chi connectivity index (χ0n) is 14.5. The van der Waals surface area contributed by atoms with Crippen LogP contribution in [0.15, 0.2) is 36.4 Å². The first kappa shape index (κ1) is 18.8. The molecule has 6 heteroatoms. The van der Waals surface area contributed by atoms with Gasteiger partial charge in [0.2, 0.25) is 5.78 Å². The van der Waals surface area contributed by atoms with Gasteiger partial charge in [-0.2, -0.15) is 0 Å². The van der Waals surface area contributed by atoms with Gasteiger partial charge in [0.1, 0.15) is 0 Å². The number of ketones is 1. The lowest BCUT2D eigenvalue weighted by Crippen LogP contribution is -2.24. The van der Waals surface area contributed by atoms with Crippen LogP contribution in [0.3, 0.4) is 0 Å². The largest absolute Gasteiger partial charge is 0.493 e. The maximum absolute atomic E-state index is 12.4. The Morgan fingerprint density at radius 1 is 1.00 bits per heavy atom. The van der Waals surface area contributed by atoms with Gasteiger partial charge in [0.05, 0.1) is 24.8 Å². The first-order valence-corrected chi connectivity index (χ1v) is 7.98. The number of rotatable bonds is 6. The molecular weight excluding hydrogens is 344 g/mol. The predicted molar refractivity (Wildman–Crippen MR) is 94.9 cm³/mol. The molecule has 0 aliphatic carbocycles. The van der Waals surface area contributed by atoms with E-state index in [0.717, 1.165) is 5.56 Å². The zero-order chi connectivity index (χ0) is 18.6. The Labute approximate surface area is 151 Å². The summed E-state index contributed by atoms with van der Waals surface area (Å²) in [5.74, 6) is -0.320. The number of hydrogen-bond donors (Lipinski definition) is 0. The van der Waals surface area contributed by atoms with Crippen LogP contribution in [-0.2, 0) is 4.74 Å². The highest BCUT2D eigenvalue weighted by Crippen LogP contribution is 2.36. The lowest BCUT2D eigenvalue weighted by Gasteiger charge is -2.14. The van der Waals surface area contributed by atoms with Crippen molar-refractivity contribution in [2.45, 2.75) is 20.0 Å². The summed E-state index contributed by atoms with van der Waals surface area (Å²) in [5.41, 5.74) is 1.70. The summed E-state index contributed by atoms with van der Waals surface area (Å²) in [4.78, 5) is 24.7. The number of aryl methyl sites for hydroxylation is 1. The number of ether oxygens (including phenoxy) is 3. The van der Waals surface area contributed by atoms with Crippen LogP contribution in [0, 0.1) is 6.92 Å². The van der Waals surface area contributed by atoms with Crippen molar-refractivity contribution in [3.05, 3.63) is 58.1 Å². The molecule has 0 radical (unpaired) electrons. The van der Waals surface area contributed by atoms with Crippen LogP contribution in [-0.4, -0.2) is 32.1 Å². The summed E-state index contributed by atoms with van der Waals surface area (Å²) < 4.78 is 15.5. The molecule has 0 aromatic heterocycles. The Bertz CT molecular complexity index is 783. The van der Waals surface area contributed by atoms with Gasteiger partial charge < -0.3 is 14.2 Å². The standard InChI is InChI=1S/C19H19ClO5/c1-11-5-7-13(8-6-11)17(21)12(2)25-19(22)14-9-15(20)18(24-4)16(10-14)23-3/h5-10,12H,1-4H3. The molecule has 0 saturated heterocycles. The molecule has 0 N–H and O–H groups in total. The van der Waals surface area contributed by atoms with E-state index in [2.05, 4.69) is 0 Å². The second kappa shape index (κ2) is 8.03. The average Bonchev–Trinajstić information content (AvgIpc) is 2.60. The van der Waals surface area contributed by atoms with Crippen LogP contribution in [0.5, 0.6) is 11.5 Å². The summed E-state index contributed by atoms with van der Waals surface area (Å²) in [6.45, 7) is 3.46. The molecule has 0 heterocycles. The van der Waals surface area contributed by atoms with E-state index < -0.39 is 12.1 Å². The van der Waals surface area contributed by atoms with Gasteiger partial charge in [-0.05, 0) is 26.0 Å². The van der Waals surface area contributed by atoms with E-state index in [1.807, 2.05) is 19.1 Å². The molecule has 2 rings (SSSR count). The molecule has 2 aromatic carbocycles. The van der Waals surface area contributed by atoms with E-state index in [4.69, 9.17) is 25.8 Å². The van der Waals surface area contributed by atoms with Gasteiger partial charge in [0.25, 0.3) is 0 Å². The smallest absolute Gasteiger partial charge is 0.339 e. The Hall–Kier alpha value is -2.53. The molecule has 0 aliphatic heterocycles. The summed E-state index contributed by atoms with van der Waals surface area (Å²) >= 11 is 6.09. The van der Waals surface area contributed by atoms with Crippen LogP contribution in [0.1, 0.15) is 33.2 Å². The quantitative estimate of drug-likeness (QED) is 0.572. The summed E-state index contributed by atoms with van der Waals surface area (Å²) in [6, 6.07) is 9.93. The number of carbonyl (C=O) groups is 2. The third-order valence-corrected chi connectivity index (χ3v) is 3.94. The molecule has 1 unspecified atom stereocenters. The Balaban J connectivity index is 2.17. The number of esters is 1. The first-order valence-electron chi connectivity index (χ1n) is 7.60. The topological polar surface area (TPSA) is 61.8 Å². The van der Waals surface area contributed by atoms with E-state index in [0.29, 0.717) is 17.1 Å². The fraction of sp³-hybridized carbons (Fsp3) is 0.263. The van der Waals surface area contributed by atoms with Crippen LogP contribution < -0.4 is 9.47 Å². The summed E-state index contributed by atoms with van der Waals surface area (Å²) in [5, 5.41) is 0.214. The van der Waals surface area contributed by atoms with Gasteiger partial charge in [-0.15, -0.1) is 0 Å². The highest BCUT2D eigenvalue weighted by Gasteiger charge is 2.22. The Morgan fingerprint density at radius 3 is 2.20 bits per heavy atom. The molecule has 5 nitrogen and oxygen atoms in total. The van der Waals surface area contributed by atoms with E-state index in [1.54, 1.807) is 12.1 Å². The molecule has 0 spiro atoms. The van der Waals surface area contributed by atoms with Crippen molar-refractivity contribution in [2.75, 3.05) is 14.2 Å². The van der Waals surface area contributed by atoms with Gasteiger partial charge in [-0.25, -0.2) is 4.79 Å². The molecule has 25 heavy (non-hydrogen) atoms. The van der Waals surface area contributed by atoms with E-state index in [9.17, 15) is 9.59 Å². The van der Waals surface area contributed by atoms with Gasteiger partial charge >= 0.3 is 5.97 Å². The van der Waals surface area contributed by atoms with Crippen molar-refractivity contribution >= 4 is 23.4 Å². The third kappa shape index (κ3) is 4.31. The van der Waals surface area contributed by atoms with Gasteiger partial charge in [-0.1, -0.05) is 41.4 Å². The molecular formula is C19H19ClO5. The highest BCUT2D eigenvalue weighted by atomic mass is 35.5. The predicted octanol–water partition coefficient (Wildman–Crippen LogP) is 4.09. The molecule has 132 valence electrons. The molecule has 0 amide bonds. The molecule has 2 aromatic rings. The maximum atomic E-state index is 12.4. The second-order valence-electron chi connectivity index (χ2n) is 5.47. The lowest BCUT2D eigenvalue weighted by molar-refractivity contribution is 0.0318. The minimum Gasteiger partial charge on any atom is -0.493 e. The maximum Gasteiger partial charge on any atom is 0.339 e. The normalized spacial score (nSPS) is 11.6. The van der Waals surface area contributed by atoms with E-state index in [-0.39, 0.29) is 16.4 Å². The van der Waals surface area contributed by atoms with Crippen molar-refractivity contribution < 1.29 is 23.8 Å². The Morgan fingerprint density at radius 2 is 1.64 bits per heavy atom. The number of methoxy groups -OCH3 is 2. The number of halogens is 1. The van der Waals surface area contributed by atoms with E-state index in [1.165, 1.54) is 33.3 Å². The number of carbonyl (C=O) groups excluding carboxylic acids is 2. The van der Waals surface area contributed by atoms with E-state index >= 15 is 0 Å². The third-order valence-electron chi connectivity index (χ3n) is 3.66. The lowest BCUT2D eigenvalue weighted by atomic mass is 10.1. The molecule has 0 fully saturated rings.